The average Bonchev–Trinajstić information content (AvgIpc) is 2.64. The molecule has 0 radical (unpaired) electrons. The fraction of sp³-hybridized carbons (Fsp3) is 0.231. The van der Waals surface area contributed by atoms with E-state index in [1.807, 2.05) is 10.6 Å². The molecule has 2 rings (SSSR count). The van der Waals surface area contributed by atoms with Gasteiger partial charge in [-0.25, -0.2) is 4.98 Å². The molecule has 0 unspecified atom stereocenters. The minimum atomic E-state index is -0.828. The quantitative estimate of drug-likeness (QED) is 0.845. The molecule has 94 valence electrons. The lowest BCUT2D eigenvalue weighted by molar-refractivity contribution is -0.137. The maximum Gasteiger partial charge on any atom is 0.303 e. The van der Waals surface area contributed by atoms with Gasteiger partial charge >= 0.3 is 5.97 Å². The Balaban J connectivity index is 2.46. The second-order valence-electron chi connectivity index (χ2n) is 3.95. The van der Waals surface area contributed by atoms with Crippen molar-refractivity contribution in [3.8, 4) is 0 Å². The molecule has 0 aliphatic rings. The zero-order chi connectivity index (χ0) is 13.1. The third kappa shape index (κ3) is 2.54. The van der Waals surface area contributed by atoms with E-state index in [1.54, 1.807) is 18.2 Å². The third-order valence-electron chi connectivity index (χ3n) is 2.66. The summed E-state index contributed by atoms with van der Waals surface area (Å²) in [5.74, 6) is -0.0835. The van der Waals surface area contributed by atoms with E-state index in [0.29, 0.717) is 18.0 Å². The fourth-order valence-corrected chi connectivity index (χ4v) is 2.06. The molecular weight excluding hydrogens is 252 g/mol. The minimum Gasteiger partial charge on any atom is -0.481 e. The summed E-state index contributed by atoms with van der Waals surface area (Å²) in [6, 6.07) is 5.46. The summed E-state index contributed by atoms with van der Waals surface area (Å²) in [6.07, 6.45) is 2.23. The number of carboxylic acids is 1. The lowest BCUT2D eigenvalue weighted by Crippen LogP contribution is -2.05. The number of halogens is 1. The van der Waals surface area contributed by atoms with Crippen LogP contribution in [0.4, 0.5) is 0 Å². The van der Waals surface area contributed by atoms with Crippen molar-refractivity contribution in [2.24, 2.45) is 0 Å². The lowest BCUT2D eigenvalue weighted by atomic mass is 10.3. The lowest BCUT2D eigenvalue weighted by Gasteiger charge is -2.05. The number of fused-ring (bicyclic) bond motifs is 1. The number of allylic oxidation sites excluding steroid dienone is 1. The Hall–Kier alpha value is -1.81. The summed E-state index contributed by atoms with van der Waals surface area (Å²) in [7, 11) is 0. The van der Waals surface area contributed by atoms with Crippen LogP contribution in [0.2, 0.25) is 5.02 Å². The second-order valence-corrected chi connectivity index (χ2v) is 4.39. The number of benzene rings is 1. The summed E-state index contributed by atoms with van der Waals surface area (Å²) < 4.78 is 1.96. The predicted octanol–water partition coefficient (Wildman–Crippen LogP) is 2.89. The predicted molar refractivity (Wildman–Crippen MR) is 70.9 cm³/mol. The number of rotatable bonds is 5. The van der Waals surface area contributed by atoms with Crippen LogP contribution in [0.25, 0.3) is 11.0 Å². The second kappa shape index (κ2) is 5.23. The molecule has 1 heterocycles. The third-order valence-corrected chi connectivity index (χ3v) is 2.90. The van der Waals surface area contributed by atoms with Crippen LogP contribution < -0.4 is 0 Å². The van der Waals surface area contributed by atoms with Gasteiger partial charge in [-0.1, -0.05) is 17.7 Å². The van der Waals surface area contributed by atoms with Gasteiger partial charge in [0.05, 0.1) is 17.5 Å². The summed E-state index contributed by atoms with van der Waals surface area (Å²) in [5.41, 5.74) is 1.73. The number of imidazole rings is 1. The number of carbonyl (C=O) groups is 1. The Morgan fingerprint density at radius 2 is 2.33 bits per heavy atom. The van der Waals surface area contributed by atoms with E-state index in [4.69, 9.17) is 16.7 Å². The van der Waals surface area contributed by atoms with Gasteiger partial charge in [0.25, 0.3) is 0 Å². The van der Waals surface area contributed by atoms with Crippen molar-refractivity contribution in [1.29, 1.82) is 0 Å². The van der Waals surface area contributed by atoms with Crippen molar-refractivity contribution < 1.29 is 9.90 Å². The van der Waals surface area contributed by atoms with Crippen molar-refractivity contribution in [2.45, 2.75) is 19.4 Å². The summed E-state index contributed by atoms with van der Waals surface area (Å²) >= 11 is 5.92. The van der Waals surface area contributed by atoms with Gasteiger partial charge in [0, 0.05) is 18.0 Å². The number of hydrogen-bond acceptors (Lipinski definition) is 2. The van der Waals surface area contributed by atoms with Gasteiger partial charge in [-0.3, -0.25) is 4.79 Å². The van der Waals surface area contributed by atoms with Crippen molar-refractivity contribution in [2.75, 3.05) is 0 Å². The molecule has 0 aliphatic heterocycles. The van der Waals surface area contributed by atoms with Crippen LogP contribution in [0.3, 0.4) is 0 Å². The molecule has 0 fully saturated rings. The van der Waals surface area contributed by atoms with E-state index < -0.39 is 5.97 Å². The highest BCUT2D eigenvalue weighted by atomic mass is 35.5. The topological polar surface area (TPSA) is 55.1 Å². The number of aryl methyl sites for hydroxylation is 1. The van der Waals surface area contributed by atoms with Crippen molar-refractivity contribution >= 4 is 28.6 Å². The maximum atomic E-state index is 10.6. The molecule has 1 aromatic carbocycles. The number of aromatic nitrogens is 2. The molecule has 5 heteroatoms. The first-order chi connectivity index (χ1) is 8.61. The number of aliphatic carboxylic acids is 1. The zero-order valence-electron chi connectivity index (χ0n) is 9.77. The van der Waals surface area contributed by atoms with E-state index in [-0.39, 0.29) is 6.42 Å². The standard InChI is InChI=1S/C13H13ClN2O2/c1-2-7-16-11-4-3-9(14)8-10(11)15-12(16)5-6-13(17)18/h2-4,8H,1,5-7H2,(H,17,18). The molecule has 0 bridgehead atoms. The first-order valence-corrected chi connectivity index (χ1v) is 5.97. The molecule has 0 amide bonds. The molecule has 0 saturated heterocycles. The van der Waals surface area contributed by atoms with Crippen LogP contribution in [-0.2, 0) is 17.8 Å². The Bertz CT molecular complexity index is 604. The molecule has 0 atom stereocenters. The highest BCUT2D eigenvalue weighted by molar-refractivity contribution is 6.31. The van der Waals surface area contributed by atoms with E-state index >= 15 is 0 Å². The van der Waals surface area contributed by atoms with Gasteiger partial charge < -0.3 is 9.67 Å². The van der Waals surface area contributed by atoms with E-state index in [9.17, 15) is 4.79 Å². The molecular formula is C13H13ClN2O2. The highest BCUT2D eigenvalue weighted by Crippen LogP contribution is 2.21. The smallest absolute Gasteiger partial charge is 0.303 e. The van der Waals surface area contributed by atoms with Gasteiger partial charge in [-0.05, 0) is 18.2 Å². The normalized spacial score (nSPS) is 10.7. The molecule has 1 N–H and O–H groups in total. The summed E-state index contributed by atoms with van der Waals surface area (Å²) in [6.45, 7) is 4.31. The molecule has 0 aliphatic carbocycles. The van der Waals surface area contributed by atoms with E-state index in [0.717, 1.165) is 16.9 Å². The van der Waals surface area contributed by atoms with Crippen LogP contribution in [-0.4, -0.2) is 20.6 Å². The molecule has 1 aromatic heterocycles. The Labute approximate surface area is 110 Å². The fourth-order valence-electron chi connectivity index (χ4n) is 1.90. The maximum absolute atomic E-state index is 10.6. The van der Waals surface area contributed by atoms with E-state index in [1.165, 1.54) is 0 Å². The highest BCUT2D eigenvalue weighted by Gasteiger charge is 2.11. The van der Waals surface area contributed by atoms with Crippen molar-refractivity contribution in [3.05, 3.63) is 41.7 Å². The first kappa shape index (κ1) is 12.6. The largest absolute Gasteiger partial charge is 0.481 e. The number of hydrogen-bond donors (Lipinski definition) is 1. The molecule has 4 nitrogen and oxygen atoms in total. The van der Waals surface area contributed by atoms with Crippen LogP contribution in [0.15, 0.2) is 30.9 Å². The van der Waals surface area contributed by atoms with Crippen LogP contribution >= 0.6 is 11.6 Å². The summed E-state index contributed by atoms with van der Waals surface area (Å²) in [5, 5.41) is 9.36. The van der Waals surface area contributed by atoms with Gasteiger partial charge in [0.1, 0.15) is 5.82 Å². The number of carboxylic acid groups (broad SMARTS) is 1. The van der Waals surface area contributed by atoms with Crippen molar-refractivity contribution in [1.82, 2.24) is 9.55 Å². The monoisotopic (exact) mass is 264 g/mol. The minimum absolute atomic E-state index is 0.0637. The van der Waals surface area contributed by atoms with Gasteiger partial charge in [-0.15, -0.1) is 6.58 Å². The van der Waals surface area contributed by atoms with Crippen molar-refractivity contribution in [3.63, 3.8) is 0 Å². The Morgan fingerprint density at radius 3 is 3.00 bits per heavy atom. The van der Waals surface area contributed by atoms with Crippen LogP contribution in [0, 0.1) is 0 Å². The van der Waals surface area contributed by atoms with E-state index in [2.05, 4.69) is 11.6 Å². The molecule has 18 heavy (non-hydrogen) atoms. The zero-order valence-corrected chi connectivity index (χ0v) is 10.5. The molecule has 0 saturated carbocycles. The molecule has 2 aromatic rings. The van der Waals surface area contributed by atoms with Gasteiger partial charge in [0.15, 0.2) is 0 Å². The number of nitrogens with zero attached hydrogens (tertiary/aromatic N) is 2. The van der Waals surface area contributed by atoms with Gasteiger partial charge in [0.2, 0.25) is 0 Å². The SMILES string of the molecule is C=CCn1c(CCC(=O)O)nc2cc(Cl)ccc21. The molecule has 0 spiro atoms. The first-order valence-electron chi connectivity index (χ1n) is 5.59. The Kier molecular flexibility index (Phi) is 3.67. The summed E-state index contributed by atoms with van der Waals surface area (Å²) in [4.78, 5) is 15.1. The van der Waals surface area contributed by atoms with Gasteiger partial charge in [-0.2, -0.15) is 0 Å². The van der Waals surface area contributed by atoms with Crippen LogP contribution in [0.5, 0.6) is 0 Å². The van der Waals surface area contributed by atoms with Crippen LogP contribution in [0.1, 0.15) is 12.2 Å². The average molecular weight is 265 g/mol. The Morgan fingerprint density at radius 1 is 1.56 bits per heavy atom.